The lowest BCUT2D eigenvalue weighted by Crippen LogP contribution is -2.23. The summed E-state index contributed by atoms with van der Waals surface area (Å²) in [5.74, 6) is 0.942. The number of likely N-dealkylation sites (N-methyl/N-ethyl adjacent to an activating group) is 1. The van der Waals surface area contributed by atoms with E-state index in [0.29, 0.717) is 12.6 Å². The molecule has 1 N–H and O–H groups in total. The standard InChI is InChI=1S/C17H23NOS/c1-4-16-9-10-17(20-16)12-19-15-7-5-14(6-8-15)11-13(2)18-3/h5-10,13,18H,4,11-12H2,1-3H3. The molecule has 3 heteroatoms. The van der Waals surface area contributed by atoms with Gasteiger partial charge in [0.2, 0.25) is 0 Å². The molecule has 1 heterocycles. The molecule has 1 aromatic carbocycles. The highest BCUT2D eigenvalue weighted by atomic mass is 32.1. The van der Waals surface area contributed by atoms with Crippen molar-refractivity contribution in [3.63, 3.8) is 0 Å². The fraction of sp³-hybridized carbons (Fsp3) is 0.412. The van der Waals surface area contributed by atoms with E-state index in [0.717, 1.165) is 18.6 Å². The van der Waals surface area contributed by atoms with Crippen LogP contribution >= 0.6 is 11.3 Å². The molecule has 0 aliphatic heterocycles. The second-order valence-corrected chi connectivity index (χ2v) is 6.30. The summed E-state index contributed by atoms with van der Waals surface area (Å²) in [6.07, 6.45) is 2.14. The van der Waals surface area contributed by atoms with Crippen molar-refractivity contribution in [2.75, 3.05) is 7.05 Å². The molecule has 1 aromatic heterocycles. The molecule has 0 saturated heterocycles. The average molecular weight is 289 g/mol. The summed E-state index contributed by atoms with van der Waals surface area (Å²) in [4.78, 5) is 2.70. The highest BCUT2D eigenvalue weighted by Gasteiger charge is 2.02. The van der Waals surface area contributed by atoms with E-state index in [1.165, 1.54) is 15.3 Å². The summed E-state index contributed by atoms with van der Waals surface area (Å²) in [6.45, 7) is 5.03. The van der Waals surface area contributed by atoms with Gasteiger partial charge in [-0.1, -0.05) is 19.1 Å². The predicted molar refractivity (Wildman–Crippen MR) is 86.7 cm³/mol. The molecule has 0 bridgehead atoms. The largest absolute Gasteiger partial charge is 0.488 e. The minimum atomic E-state index is 0.500. The number of aryl methyl sites for hydroxylation is 1. The van der Waals surface area contributed by atoms with Gasteiger partial charge >= 0.3 is 0 Å². The normalized spacial score (nSPS) is 12.3. The minimum Gasteiger partial charge on any atom is -0.488 e. The monoisotopic (exact) mass is 289 g/mol. The quantitative estimate of drug-likeness (QED) is 0.830. The fourth-order valence-corrected chi connectivity index (χ4v) is 2.89. The molecular formula is C17H23NOS. The Hall–Kier alpha value is -1.32. The number of benzene rings is 1. The van der Waals surface area contributed by atoms with Gasteiger partial charge in [0.25, 0.3) is 0 Å². The first-order valence-corrected chi connectivity index (χ1v) is 7.99. The van der Waals surface area contributed by atoms with Gasteiger partial charge in [-0.3, -0.25) is 0 Å². The molecule has 1 unspecified atom stereocenters. The molecule has 108 valence electrons. The summed E-state index contributed by atoms with van der Waals surface area (Å²) < 4.78 is 5.83. The summed E-state index contributed by atoms with van der Waals surface area (Å²) in [5, 5.41) is 3.25. The Morgan fingerprint density at radius 3 is 2.40 bits per heavy atom. The van der Waals surface area contributed by atoms with Gasteiger partial charge in [0.15, 0.2) is 0 Å². The van der Waals surface area contributed by atoms with Gasteiger partial charge in [-0.15, -0.1) is 11.3 Å². The van der Waals surface area contributed by atoms with Crippen molar-refractivity contribution in [1.29, 1.82) is 0 Å². The third-order valence-electron chi connectivity index (χ3n) is 3.40. The number of hydrogen-bond donors (Lipinski definition) is 1. The Labute approximate surface area is 125 Å². The molecule has 1 atom stereocenters. The second-order valence-electron chi connectivity index (χ2n) is 5.05. The lowest BCUT2D eigenvalue weighted by molar-refractivity contribution is 0.309. The van der Waals surface area contributed by atoms with Crippen molar-refractivity contribution >= 4 is 11.3 Å². The smallest absolute Gasteiger partial charge is 0.122 e. The first-order valence-electron chi connectivity index (χ1n) is 7.18. The number of thiophene rings is 1. The number of ether oxygens (including phenoxy) is 1. The van der Waals surface area contributed by atoms with Crippen molar-refractivity contribution < 1.29 is 4.74 Å². The van der Waals surface area contributed by atoms with E-state index in [1.54, 1.807) is 0 Å². The van der Waals surface area contributed by atoms with Crippen LogP contribution in [-0.4, -0.2) is 13.1 Å². The van der Waals surface area contributed by atoms with Gasteiger partial charge < -0.3 is 10.1 Å². The second kappa shape index (κ2) is 7.46. The topological polar surface area (TPSA) is 21.3 Å². The molecule has 0 aliphatic rings. The lowest BCUT2D eigenvalue weighted by Gasteiger charge is -2.10. The molecule has 20 heavy (non-hydrogen) atoms. The number of rotatable bonds is 7. The van der Waals surface area contributed by atoms with Gasteiger partial charge in [-0.25, -0.2) is 0 Å². The van der Waals surface area contributed by atoms with Crippen LogP contribution in [0.1, 0.15) is 29.2 Å². The molecule has 2 rings (SSSR count). The van der Waals surface area contributed by atoms with Crippen molar-refractivity contribution in [1.82, 2.24) is 5.32 Å². The van der Waals surface area contributed by atoms with Crippen LogP contribution in [-0.2, 0) is 19.4 Å². The van der Waals surface area contributed by atoms with Crippen molar-refractivity contribution in [3.8, 4) is 5.75 Å². The number of hydrogen-bond acceptors (Lipinski definition) is 3. The van der Waals surface area contributed by atoms with Crippen LogP contribution in [0.3, 0.4) is 0 Å². The van der Waals surface area contributed by atoms with E-state index in [9.17, 15) is 0 Å². The Kier molecular flexibility index (Phi) is 5.62. The van der Waals surface area contributed by atoms with Crippen LogP contribution in [0.4, 0.5) is 0 Å². The molecule has 2 nitrogen and oxygen atoms in total. The third-order valence-corrected chi connectivity index (χ3v) is 4.61. The fourth-order valence-electron chi connectivity index (χ4n) is 2.02. The predicted octanol–water partition coefficient (Wildman–Crippen LogP) is 4.04. The van der Waals surface area contributed by atoms with Crippen LogP contribution in [0.2, 0.25) is 0 Å². The molecule has 0 fully saturated rings. The van der Waals surface area contributed by atoms with Crippen LogP contribution in [0.15, 0.2) is 36.4 Å². The minimum absolute atomic E-state index is 0.500. The maximum absolute atomic E-state index is 5.83. The van der Waals surface area contributed by atoms with Crippen LogP contribution in [0.5, 0.6) is 5.75 Å². The Morgan fingerprint density at radius 1 is 1.10 bits per heavy atom. The maximum atomic E-state index is 5.83. The Balaban J connectivity index is 1.87. The summed E-state index contributed by atoms with van der Waals surface area (Å²) in [6, 6.07) is 13.3. The third kappa shape index (κ3) is 4.36. The molecular weight excluding hydrogens is 266 g/mol. The highest BCUT2D eigenvalue weighted by Crippen LogP contribution is 2.20. The van der Waals surface area contributed by atoms with E-state index >= 15 is 0 Å². The molecule has 0 radical (unpaired) electrons. The maximum Gasteiger partial charge on any atom is 0.122 e. The summed E-state index contributed by atoms with van der Waals surface area (Å²) >= 11 is 1.83. The Bertz CT molecular complexity index is 518. The first kappa shape index (κ1) is 15.1. The van der Waals surface area contributed by atoms with Crippen LogP contribution in [0.25, 0.3) is 0 Å². The molecule has 0 saturated carbocycles. The average Bonchev–Trinajstić information content (AvgIpc) is 2.94. The van der Waals surface area contributed by atoms with Gasteiger partial charge in [-0.05, 0) is 56.6 Å². The molecule has 2 aromatic rings. The molecule has 0 amide bonds. The van der Waals surface area contributed by atoms with Crippen molar-refractivity contribution in [3.05, 3.63) is 51.7 Å². The van der Waals surface area contributed by atoms with Crippen LogP contribution < -0.4 is 10.1 Å². The summed E-state index contributed by atoms with van der Waals surface area (Å²) in [7, 11) is 1.99. The van der Waals surface area contributed by atoms with Gasteiger partial charge in [0.1, 0.15) is 12.4 Å². The zero-order chi connectivity index (χ0) is 14.4. The van der Waals surface area contributed by atoms with Crippen molar-refractivity contribution in [2.45, 2.75) is 39.3 Å². The van der Waals surface area contributed by atoms with E-state index in [2.05, 4.69) is 55.6 Å². The lowest BCUT2D eigenvalue weighted by atomic mass is 10.1. The highest BCUT2D eigenvalue weighted by molar-refractivity contribution is 7.11. The first-order chi connectivity index (χ1) is 9.71. The molecule has 0 aliphatic carbocycles. The van der Waals surface area contributed by atoms with E-state index in [4.69, 9.17) is 4.74 Å². The van der Waals surface area contributed by atoms with Gasteiger partial charge in [-0.2, -0.15) is 0 Å². The summed E-state index contributed by atoms with van der Waals surface area (Å²) in [5.41, 5.74) is 1.34. The van der Waals surface area contributed by atoms with Gasteiger partial charge in [0.05, 0.1) is 0 Å². The van der Waals surface area contributed by atoms with E-state index < -0.39 is 0 Å². The Morgan fingerprint density at radius 2 is 1.80 bits per heavy atom. The molecule has 0 spiro atoms. The van der Waals surface area contributed by atoms with Crippen molar-refractivity contribution in [2.24, 2.45) is 0 Å². The van der Waals surface area contributed by atoms with E-state index in [-0.39, 0.29) is 0 Å². The van der Waals surface area contributed by atoms with E-state index in [1.807, 2.05) is 18.4 Å². The zero-order valence-electron chi connectivity index (χ0n) is 12.5. The van der Waals surface area contributed by atoms with Crippen LogP contribution in [0, 0.1) is 0 Å². The number of nitrogens with one attached hydrogen (secondary N) is 1. The SMILES string of the molecule is CCc1ccc(COc2ccc(CC(C)NC)cc2)s1. The zero-order valence-corrected chi connectivity index (χ0v) is 13.3. The van der Waals surface area contributed by atoms with Gasteiger partial charge in [0, 0.05) is 15.8 Å².